The predicted octanol–water partition coefficient (Wildman–Crippen LogP) is 5.88. The summed E-state index contributed by atoms with van der Waals surface area (Å²) < 4.78 is 1.95. The van der Waals surface area contributed by atoms with Gasteiger partial charge in [0.05, 0.1) is 0 Å². The summed E-state index contributed by atoms with van der Waals surface area (Å²) in [5.74, 6) is 0.693. The van der Waals surface area contributed by atoms with Gasteiger partial charge in [-0.3, -0.25) is 4.79 Å². The van der Waals surface area contributed by atoms with E-state index in [1.165, 1.54) is 11.8 Å². The maximum absolute atomic E-state index is 13.4. The quantitative estimate of drug-likeness (QED) is 0.379. The minimum absolute atomic E-state index is 0.0911. The molecule has 0 aliphatic heterocycles. The molecule has 1 amide bonds. The number of hydrogen-bond acceptors (Lipinski definition) is 4. The lowest BCUT2D eigenvalue weighted by Crippen LogP contribution is -2.19. The number of carbonyl (C=O) groups is 1. The number of nitrogens with one attached hydrogen (secondary N) is 1. The molecule has 162 valence electrons. The van der Waals surface area contributed by atoms with Crippen molar-refractivity contribution in [2.24, 2.45) is 7.05 Å². The Hall–Kier alpha value is -3.38. The van der Waals surface area contributed by atoms with Crippen LogP contribution in [0, 0.1) is 20.8 Å². The molecular formula is C26H26N4OS. The molecule has 0 aliphatic rings. The van der Waals surface area contributed by atoms with Crippen molar-refractivity contribution in [2.45, 2.75) is 31.2 Å². The topological polar surface area (TPSA) is 59.8 Å². The van der Waals surface area contributed by atoms with Crippen molar-refractivity contribution in [1.29, 1.82) is 0 Å². The second-order valence-corrected chi connectivity index (χ2v) is 9.03. The molecule has 0 unspecified atom stereocenters. The Morgan fingerprint density at radius 1 is 0.906 bits per heavy atom. The zero-order valence-electron chi connectivity index (χ0n) is 18.7. The van der Waals surface area contributed by atoms with Crippen LogP contribution in [0.25, 0.3) is 11.4 Å². The van der Waals surface area contributed by atoms with Crippen LogP contribution in [0.1, 0.15) is 27.5 Å². The molecule has 0 radical (unpaired) electrons. The third-order valence-electron chi connectivity index (χ3n) is 5.27. The van der Waals surface area contributed by atoms with Crippen molar-refractivity contribution in [2.75, 3.05) is 5.32 Å². The Balaban J connectivity index is 1.65. The summed E-state index contributed by atoms with van der Waals surface area (Å²) >= 11 is 1.40. The molecule has 0 fully saturated rings. The summed E-state index contributed by atoms with van der Waals surface area (Å²) in [5, 5.41) is 12.1. The van der Waals surface area contributed by atoms with Gasteiger partial charge in [-0.2, -0.15) is 0 Å². The number of amides is 1. The molecule has 1 atom stereocenters. The van der Waals surface area contributed by atoms with Crippen LogP contribution in [0.3, 0.4) is 0 Å². The van der Waals surface area contributed by atoms with E-state index >= 15 is 0 Å². The van der Waals surface area contributed by atoms with Gasteiger partial charge in [0.2, 0.25) is 5.91 Å². The van der Waals surface area contributed by atoms with Gasteiger partial charge < -0.3 is 9.88 Å². The minimum Gasteiger partial charge on any atom is -0.325 e. The summed E-state index contributed by atoms with van der Waals surface area (Å²) in [6, 6.07) is 23.9. The molecule has 0 spiro atoms. The third kappa shape index (κ3) is 4.75. The Morgan fingerprint density at radius 2 is 1.56 bits per heavy atom. The van der Waals surface area contributed by atoms with E-state index < -0.39 is 5.25 Å². The molecule has 32 heavy (non-hydrogen) atoms. The summed E-state index contributed by atoms with van der Waals surface area (Å²) in [7, 11) is 1.94. The maximum Gasteiger partial charge on any atom is 0.242 e. The standard InChI is InChI=1S/C26H26N4OS/c1-17-14-18(2)16-21(15-17)27-25(31)23(20-11-6-5-7-12-20)32-26-29-28-24(30(26)4)22-13-9-8-10-19(22)3/h5-16,23H,1-4H3,(H,27,31)/t23-/m1/s1. The van der Waals surface area contributed by atoms with Gasteiger partial charge >= 0.3 is 0 Å². The predicted molar refractivity (Wildman–Crippen MR) is 131 cm³/mol. The Morgan fingerprint density at radius 3 is 2.25 bits per heavy atom. The second kappa shape index (κ2) is 9.40. The van der Waals surface area contributed by atoms with Crippen molar-refractivity contribution in [3.05, 3.63) is 95.1 Å². The molecule has 1 N–H and O–H groups in total. The van der Waals surface area contributed by atoms with Crippen LogP contribution >= 0.6 is 11.8 Å². The fourth-order valence-corrected chi connectivity index (χ4v) is 4.74. The number of nitrogens with zero attached hydrogens (tertiary/aromatic N) is 3. The van der Waals surface area contributed by atoms with E-state index in [9.17, 15) is 4.79 Å². The zero-order valence-corrected chi connectivity index (χ0v) is 19.5. The molecule has 4 aromatic rings. The first-order chi connectivity index (χ1) is 15.4. The lowest BCUT2D eigenvalue weighted by atomic mass is 10.1. The first-order valence-electron chi connectivity index (χ1n) is 10.5. The van der Waals surface area contributed by atoms with E-state index in [1.54, 1.807) is 0 Å². The summed E-state index contributed by atoms with van der Waals surface area (Å²) in [5.41, 5.74) is 6.10. The molecule has 0 saturated heterocycles. The molecular weight excluding hydrogens is 416 g/mol. The van der Waals surface area contributed by atoms with Gasteiger partial charge in [-0.15, -0.1) is 10.2 Å². The lowest BCUT2D eigenvalue weighted by Gasteiger charge is -2.17. The van der Waals surface area contributed by atoms with Crippen LogP contribution in [-0.4, -0.2) is 20.7 Å². The fourth-order valence-electron chi connectivity index (χ4n) is 3.74. The normalized spacial score (nSPS) is 11.9. The van der Waals surface area contributed by atoms with Crippen molar-refractivity contribution in [1.82, 2.24) is 14.8 Å². The minimum atomic E-state index is -0.468. The second-order valence-electron chi connectivity index (χ2n) is 7.95. The van der Waals surface area contributed by atoms with Gasteiger partial charge in [-0.1, -0.05) is 72.4 Å². The van der Waals surface area contributed by atoms with Gasteiger partial charge in [0, 0.05) is 18.3 Å². The molecule has 0 aliphatic carbocycles. The molecule has 4 rings (SSSR count). The number of thioether (sulfide) groups is 1. The molecule has 1 heterocycles. The Labute approximate surface area is 192 Å². The van der Waals surface area contributed by atoms with E-state index in [-0.39, 0.29) is 5.91 Å². The largest absolute Gasteiger partial charge is 0.325 e. The average Bonchev–Trinajstić information content (AvgIpc) is 3.12. The van der Waals surface area contributed by atoms with Crippen LogP contribution in [0.15, 0.2) is 78.0 Å². The highest BCUT2D eigenvalue weighted by Gasteiger charge is 2.25. The lowest BCUT2D eigenvalue weighted by molar-refractivity contribution is -0.115. The van der Waals surface area contributed by atoms with Gasteiger partial charge in [0.15, 0.2) is 11.0 Å². The molecule has 6 heteroatoms. The third-order valence-corrected chi connectivity index (χ3v) is 6.56. The van der Waals surface area contributed by atoms with Gasteiger partial charge in [0.25, 0.3) is 0 Å². The zero-order chi connectivity index (χ0) is 22.7. The van der Waals surface area contributed by atoms with Crippen LogP contribution in [0.5, 0.6) is 0 Å². The van der Waals surface area contributed by atoms with Gasteiger partial charge in [-0.25, -0.2) is 0 Å². The van der Waals surface area contributed by atoms with Crippen LogP contribution in [0.2, 0.25) is 0 Å². The number of hydrogen-bond donors (Lipinski definition) is 1. The van der Waals surface area contributed by atoms with E-state index in [1.807, 2.05) is 86.1 Å². The molecule has 1 aromatic heterocycles. The van der Waals surface area contributed by atoms with Crippen LogP contribution in [0.4, 0.5) is 5.69 Å². The number of aromatic nitrogens is 3. The highest BCUT2D eigenvalue weighted by Crippen LogP contribution is 2.36. The van der Waals surface area contributed by atoms with Crippen molar-refractivity contribution >= 4 is 23.4 Å². The van der Waals surface area contributed by atoms with E-state index in [0.29, 0.717) is 5.16 Å². The number of rotatable bonds is 6. The molecule has 5 nitrogen and oxygen atoms in total. The fraction of sp³-hybridized carbons (Fsp3) is 0.192. The number of aryl methyl sites for hydroxylation is 3. The van der Waals surface area contributed by atoms with E-state index in [2.05, 4.69) is 34.6 Å². The highest BCUT2D eigenvalue weighted by atomic mass is 32.2. The van der Waals surface area contributed by atoms with Crippen LogP contribution < -0.4 is 5.32 Å². The maximum atomic E-state index is 13.4. The monoisotopic (exact) mass is 442 g/mol. The smallest absolute Gasteiger partial charge is 0.242 e. The molecule has 0 bridgehead atoms. The van der Waals surface area contributed by atoms with Crippen molar-refractivity contribution in [3.63, 3.8) is 0 Å². The van der Waals surface area contributed by atoms with E-state index in [0.717, 1.165) is 39.3 Å². The Kier molecular flexibility index (Phi) is 6.42. The first-order valence-corrected chi connectivity index (χ1v) is 11.4. The summed E-state index contributed by atoms with van der Waals surface area (Å²) in [4.78, 5) is 13.4. The molecule has 3 aromatic carbocycles. The SMILES string of the molecule is Cc1cc(C)cc(NC(=O)[C@H](Sc2nnc(-c3ccccc3C)n2C)c2ccccc2)c1. The highest BCUT2D eigenvalue weighted by molar-refractivity contribution is 8.00. The molecule has 0 saturated carbocycles. The van der Waals surface area contributed by atoms with E-state index in [4.69, 9.17) is 0 Å². The number of benzene rings is 3. The van der Waals surface area contributed by atoms with Gasteiger partial charge in [-0.05, 0) is 55.2 Å². The van der Waals surface area contributed by atoms with Gasteiger partial charge in [0.1, 0.15) is 5.25 Å². The summed E-state index contributed by atoms with van der Waals surface area (Å²) in [6.45, 7) is 6.11. The Bertz CT molecular complexity index is 1230. The number of anilines is 1. The first kappa shape index (κ1) is 21.8. The number of carbonyl (C=O) groups excluding carboxylic acids is 1. The van der Waals surface area contributed by atoms with Crippen molar-refractivity contribution < 1.29 is 4.79 Å². The van der Waals surface area contributed by atoms with Crippen molar-refractivity contribution in [3.8, 4) is 11.4 Å². The average molecular weight is 443 g/mol. The van der Waals surface area contributed by atoms with Crippen LogP contribution in [-0.2, 0) is 11.8 Å². The summed E-state index contributed by atoms with van der Waals surface area (Å²) in [6.07, 6.45) is 0.